The predicted octanol–water partition coefficient (Wildman–Crippen LogP) is 5.15. The normalized spacial score (nSPS) is 13.5. The van der Waals surface area contributed by atoms with Crippen LogP contribution in [0.5, 0.6) is 5.75 Å². The average molecular weight is 370 g/mol. The van der Waals surface area contributed by atoms with Gasteiger partial charge >= 0.3 is 5.63 Å². The van der Waals surface area contributed by atoms with Crippen LogP contribution in [-0.2, 0) is 13.0 Å². The molecular weight excluding hydrogens is 350 g/mol. The second-order valence-corrected chi connectivity index (χ2v) is 7.00. The molecule has 4 rings (SSSR count). The van der Waals surface area contributed by atoms with Crippen molar-refractivity contribution in [3.8, 4) is 5.75 Å². The zero-order valence-electron chi connectivity index (χ0n) is 14.6. The first-order valence-electron chi connectivity index (χ1n) is 8.87. The van der Waals surface area contributed by atoms with Crippen LogP contribution in [0.4, 0.5) is 5.69 Å². The second kappa shape index (κ2) is 7.04. The minimum Gasteiger partial charge on any atom is -0.473 e. The van der Waals surface area contributed by atoms with E-state index in [1.165, 1.54) is 0 Å². The molecule has 2 heterocycles. The summed E-state index contributed by atoms with van der Waals surface area (Å²) in [6.45, 7) is 3.18. The number of halogens is 1. The van der Waals surface area contributed by atoms with Crippen LogP contribution in [0.3, 0.4) is 0 Å². The van der Waals surface area contributed by atoms with E-state index in [9.17, 15) is 4.79 Å². The van der Waals surface area contributed by atoms with Gasteiger partial charge in [-0.15, -0.1) is 0 Å². The number of fused-ring (bicyclic) bond motifs is 3. The van der Waals surface area contributed by atoms with Crippen LogP contribution in [0.2, 0.25) is 5.02 Å². The third-order valence-corrected chi connectivity index (χ3v) is 4.99. The third kappa shape index (κ3) is 3.17. The van der Waals surface area contributed by atoms with E-state index in [1.807, 2.05) is 36.4 Å². The summed E-state index contributed by atoms with van der Waals surface area (Å²) < 4.78 is 11.5. The first kappa shape index (κ1) is 17.0. The lowest BCUT2D eigenvalue weighted by molar-refractivity contribution is 0.289. The van der Waals surface area contributed by atoms with Gasteiger partial charge in [0.2, 0.25) is 0 Å². The molecule has 0 radical (unpaired) electrons. The van der Waals surface area contributed by atoms with Gasteiger partial charge in [-0.1, -0.05) is 31.0 Å². The van der Waals surface area contributed by atoms with E-state index in [2.05, 4.69) is 11.8 Å². The Kier molecular flexibility index (Phi) is 4.60. The number of hydrogen-bond acceptors (Lipinski definition) is 4. The lowest BCUT2D eigenvalue weighted by Gasteiger charge is -2.31. The Labute approximate surface area is 156 Å². The molecule has 0 saturated carbocycles. The van der Waals surface area contributed by atoms with Gasteiger partial charge in [-0.3, -0.25) is 0 Å². The first-order chi connectivity index (χ1) is 12.7. The van der Waals surface area contributed by atoms with E-state index >= 15 is 0 Å². The molecule has 0 fully saturated rings. The van der Waals surface area contributed by atoms with E-state index in [0.717, 1.165) is 47.2 Å². The Morgan fingerprint density at radius 1 is 1.19 bits per heavy atom. The van der Waals surface area contributed by atoms with Crippen molar-refractivity contribution in [1.29, 1.82) is 0 Å². The summed E-state index contributed by atoms with van der Waals surface area (Å²) in [5, 5.41) is 1.67. The number of unbranched alkanes of at least 4 members (excludes halogenated alkanes) is 1. The number of benzene rings is 2. The highest BCUT2D eigenvalue weighted by Crippen LogP contribution is 2.35. The molecule has 0 N–H and O–H groups in total. The fourth-order valence-electron chi connectivity index (χ4n) is 3.41. The molecule has 2 aromatic carbocycles. The van der Waals surface area contributed by atoms with Gasteiger partial charge in [0.1, 0.15) is 11.3 Å². The Morgan fingerprint density at radius 3 is 2.88 bits per heavy atom. The van der Waals surface area contributed by atoms with Gasteiger partial charge in [0.05, 0.1) is 12.1 Å². The van der Waals surface area contributed by atoms with Crippen LogP contribution in [-0.4, -0.2) is 6.73 Å². The summed E-state index contributed by atoms with van der Waals surface area (Å²) in [6.07, 6.45) is 3.00. The van der Waals surface area contributed by atoms with Crippen molar-refractivity contribution in [3.05, 3.63) is 69.0 Å². The molecule has 0 saturated heterocycles. The first-order valence-corrected chi connectivity index (χ1v) is 9.25. The van der Waals surface area contributed by atoms with Crippen LogP contribution < -0.4 is 15.3 Å². The molecule has 0 unspecified atom stereocenters. The van der Waals surface area contributed by atoms with E-state index < -0.39 is 0 Å². The summed E-state index contributed by atoms with van der Waals surface area (Å²) in [6, 6.07) is 13.2. The Bertz CT molecular complexity index is 1010. The molecule has 134 valence electrons. The maximum Gasteiger partial charge on any atom is 0.336 e. The molecule has 4 nitrogen and oxygen atoms in total. The molecule has 1 aromatic heterocycles. The molecule has 0 aliphatic carbocycles. The number of rotatable bonds is 4. The number of anilines is 1. The highest BCUT2D eigenvalue weighted by molar-refractivity contribution is 6.30. The average Bonchev–Trinajstić information content (AvgIpc) is 2.65. The smallest absolute Gasteiger partial charge is 0.336 e. The molecule has 0 amide bonds. The summed E-state index contributed by atoms with van der Waals surface area (Å²) in [5.74, 6) is 0.770. The van der Waals surface area contributed by atoms with Crippen molar-refractivity contribution in [1.82, 2.24) is 0 Å². The lowest BCUT2D eigenvalue weighted by Crippen LogP contribution is -2.32. The zero-order valence-corrected chi connectivity index (χ0v) is 15.4. The van der Waals surface area contributed by atoms with E-state index in [1.54, 1.807) is 6.07 Å². The van der Waals surface area contributed by atoms with Gasteiger partial charge in [0.15, 0.2) is 6.73 Å². The number of nitrogens with zero attached hydrogens (tertiary/aromatic N) is 1. The van der Waals surface area contributed by atoms with Gasteiger partial charge in [-0.25, -0.2) is 4.79 Å². The lowest BCUT2D eigenvalue weighted by atomic mass is 10.0. The molecule has 3 aromatic rings. The quantitative estimate of drug-likeness (QED) is 0.597. The summed E-state index contributed by atoms with van der Waals surface area (Å²) in [7, 11) is 0. The molecule has 1 aliphatic heterocycles. The Morgan fingerprint density at radius 2 is 2.08 bits per heavy atom. The fraction of sp³-hybridized carbons (Fsp3) is 0.286. The maximum atomic E-state index is 12.1. The molecule has 5 heteroatoms. The summed E-state index contributed by atoms with van der Waals surface area (Å²) in [4.78, 5) is 14.2. The van der Waals surface area contributed by atoms with E-state index in [4.69, 9.17) is 20.8 Å². The fourth-order valence-corrected chi connectivity index (χ4v) is 3.60. The predicted molar refractivity (Wildman–Crippen MR) is 104 cm³/mol. The molecule has 0 atom stereocenters. The SMILES string of the molecule is CCCCc1cc(=O)oc2c3c(ccc12)OCN(c1cccc(Cl)c1)C3. The summed E-state index contributed by atoms with van der Waals surface area (Å²) in [5.41, 5.74) is 3.25. The van der Waals surface area contributed by atoms with Crippen LogP contribution in [0.1, 0.15) is 30.9 Å². The highest BCUT2D eigenvalue weighted by Gasteiger charge is 2.22. The number of hydrogen-bond donors (Lipinski definition) is 0. The van der Waals surface area contributed by atoms with Gasteiger partial charge in [0.25, 0.3) is 0 Å². The topological polar surface area (TPSA) is 42.7 Å². The van der Waals surface area contributed by atoms with Crippen LogP contribution in [0, 0.1) is 0 Å². The highest BCUT2D eigenvalue weighted by atomic mass is 35.5. The molecule has 0 spiro atoms. The van der Waals surface area contributed by atoms with Crippen LogP contribution in [0.15, 0.2) is 51.7 Å². The minimum atomic E-state index is -0.308. The monoisotopic (exact) mass is 369 g/mol. The van der Waals surface area contributed by atoms with Crippen LogP contribution >= 0.6 is 11.6 Å². The van der Waals surface area contributed by atoms with Crippen molar-refractivity contribution in [3.63, 3.8) is 0 Å². The standard InChI is InChI=1S/C21H20ClNO3/c1-2-3-5-14-10-20(24)26-21-17(14)8-9-19-18(21)12-23(13-25-19)16-7-4-6-15(22)11-16/h4,6-11H,2-3,5,12-13H2,1H3. The maximum absolute atomic E-state index is 12.1. The van der Waals surface area contributed by atoms with E-state index in [-0.39, 0.29) is 5.63 Å². The molecule has 26 heavy (non-hydrogen) atoms. The van der Waals surface area contributed by atoms with Crippen molar-refractivity contribution >= 4 is 28.3 Å². The molecular formula is C21H20ClNO3. The Balaban J connectivity index is 1.79. The minimum absolute atomic E-state index is 0.308. The largest absolute Gasteiger partial charge is 0.473 e. The van der Waals surface area contributed by atoms with Gasteiger partial charge in [-0.2, -0.15) is 0 Å². The second-order valence-electron chi connectivity index (χ2n) is 6.56. The van der Waals surface area contributed by atoms with Gasteiger partial charge < -0.3 is 14.1 Å². The number of aryl methyl sites for hydroxylation is 1. The van der Waals surface area contributed by atoms with Crippen molar-refractivity contribution in [2.75, 3.05) is 11.6 Å². The number of ether oxygens (including phenoxy) is 1. The van der Waals surface area contributed by atoms with E-state index in [0.29, 0.717) is 23.9 Å². The Hall–Kier alpha value is -2.46. The van der Waals surface area contributed by atoms with Gasteiger partial charge in [0, 0.05) is 22.2 Å². The van der Waals surface area contributed by atoms with Gasteiger partial charge in [-0.05, 0) is 48.7 Å². The molecule has 1 aliphatic rings. The van der Waals surface area contributed by atoms with Crippen LogP contribution in [0.25, 0.3) is 11.0 Å². The molecule has 0 bridgehead atoms. The van der Waals surface area contributed by atoms with Crippen molar-refractivity contribution < 1.29 is 9.15 Å². The zero-order chi connectivity index (χ0) is 18.1. The van der Waals surface area contributed by atoms with Crippen molar-refractivity contribution in [2.45, 2.75) is 32.7 Å². The summed E-state index contributed by atoms with van der Waals surface area (Å²) >= 11 is 6.12. The third-order valence-electron chi connectivity index (χ3n) is 4.76. The van der Waals surface area contributed by atoms with Crippen molar-refractivity contribution in [2.24, 2.45) is 0 Å².